The van der Waals surface area contributed by atoms with Gasteiger partial charge in [0.25, 0.3) is 0 Å². The number of hydrogen-bond acceptors (Lipinski definition) is 23. The Morgan fingerprint density at radius 2 is 1.05 bits per heavy atom. The van der Waals surface area contributed by atoms with Crippen LogP contribution in [0.4, 0.5) is 5.69 Å². The Morgan fingerprint density at radius 3 is 1.55 bits per heavy atom. The van der Waals surface area contributed by atoms with Gasteiger partial charge in [-0.3, -0.25) is 14.4 Å². The number of ether oxygens (including phenoxy) is 5. The van der Waals surface area contributed by atoms with Crippen molar-refractivity contribution >= 4 is 106 Å². The summed E-state index contributed by atoms with van der Waals surface area (Å²) in [6.45, 7) is 2.59. The number of Topliss-reactive ketones (excluding diaryl/α,β-unsaturated/α-hetero) is 1. The van der Waals surface area contributed by atoms with Gasteiger partial charge in [-0.15, -0.1) is 0 Å². The molecule has 3 aromatic rings. The maximum Gasteiger partial charge on any atom is 0.373 e. The minimum absolute atomic E-state index is 0.00122. The summed E-state index contributed by atoms with van der Waals surface area (Å²) >= 11 is 0. The van der Waals surface area contributed by atoms with Gasteiger partial charge < -0.3 is 49.8 Å². The van der Waals surface area contributed by atoms with Gasteiger partial charge in [0.1, 0.15) is 35.2 Å². The van der Waals surface area contributed by atoms with E-state index in [1.165, 1.54) is 24.3 Å². The first kappa shape index (κ1) is 63.8. The van der Waals surface area contributed by atoms with Gasteiger partial charge in [-0.1, -0.05) is 76.9 Å². The molecule has 0 amide bonds. The maximum atomic E-state index is 11.9. The Labute approximate surface area is 407 Å². The molecule has 6 N–H and O–H groups in total. The molecule has 0 saturated heterocycles. The van der Waals surface area contributed by atoms with Crippen LogP contribution in [0.3, 0.4) is 0 Å². The van der Waals surface area contributed by atoms with E-state index >= 15 is 0 Å². The average molecular weight is 1040 g/mol. The average Bonchev–Trinajstić information content (AvgIpc) is 3.28. The van der Waals surface area contributed by atoms with E-state index in [0.29, 0.717) is 37.3 Å². The predicted octanol–water partition coefficient (Wildman–Crippen LogP) is 7.11. The van der Waals surface area contributed by atoms with Crippen molar-refractivity contribution in [2.45, 2.75) is 32.1 Å². The minimum Gasteiger partial charge on any atom is -0.508 e. The van der Waals surface area contributed by atoms with Crippen molar-refractivity contribution in [3.8, 4) is 23.0 Å². The normalized spacial score (nSPS) is 9.74. The molecule has 0 heterocycles. The third-order valence-electron chi connectivity index (χ3n) is 7.06. The largest absolute Gasteiger partial charge is 0.508 e. The number of benzene rings is 3. The molecule has 0 fully saturated rings. The lowest BCUT2D eigenvalue weighted by Crippen LogP contribution is -2.11. The van der Waals surface area contributed by atoms with E-state index in [1.54, 1.807) is 116 Å². The van der Waals surface area contributed by atoms with Gasteiger partial charge in [0.05, 0.1) is 31.8 Å². The number of carboxylic acids is 1. The number of phenolic OH excluding ortho intramolecular Hbond substituents is 3. The summed E-state index contributed by atoms with van der Waals surface area (Å²) < 4.78 is 24.9. The standard InChI is InChI=1S/C14H18O6S2.C13H19NO3S2.C13H18O4S2.2CO2/c1-19-6-8-22-21-7-2-3-13(16)20-12-5-4-10(15)9-11(12)14(17)18;1-17-6-8-19-18-7-2-3-12(15)11-9-10(14)4-5-13(11)16;1-16-6-8-18-19-9-7-17-13(15)10-11-2-4-12(14)5-3-11;2*2-1-3/h4-5,9,15H,2-3,6-8H2,1H3,(H,17,18);4-5,9,16H,2-3,6-8,14H2,1H3;2-5,14H,6-10H2,1H3;;. The van der Waals surface area contributed by atoms with Gasteiger partial charge in [0.2, 0.25) is 0 Å². The second kappa shape index (κ2) is 44.5. The Hall–Kier alpha value is -4.32. The Bertz CT molecular complexity index is 1850. The lowest BCUT2D eigenvalue weighted by Gasteiger charge is -2.07. The van der Waals surface area contributed by atoms with Gasteiger partial charge in [-0.2, -0.15) is 19.2 Å². The first-order valence-corrected chi connectivity index (χ1v) is 26.7. The van der Waals surface area contributed by atoms with Crippen LogP contribution in [0.1, 0.15) is 52.0 Å². The number of esters is 2. The van der Waals surface area contributed by atoms with Gasteiger partial charge in [0, 0.05) is 74.4 Å². The quantitative estimate of drug-likeness (QED) is 0.00921. The topological polar surface area (TPSA) is 290 Å². The van der Waals surface area contributed by atoms with E-state index in [-0.39, 0.29) is 65.5 Å². The van der Waals surface area contributed by atoms with Crippen molar-refractivity contribution in [3.63, 3.8) is 0 Å². The van der Waals surface area contributed by atoms with Crippen molar-refractivity contribution in [2.75, 3.05) is 88.0 Å². The number of ketones is 1. The molecule has 24 heteroatoms. The zero-order valence-electron chi connectivity index (χ0n) is 36.5. The molecule has 0 radical (unpaired) electrons. The molecular formula is C42H55NO17S6. The molecule has 0 aliphatic heterocycles. The molecule has 0 spiro atoms. The fraction of sp³-hybridized carbons (Fsp3) is 0.429. The number of anilines is 1. The number of hydrogen-bond donors (Lipinski definition) is 5. The number of phenols is 3. The lowest BCUT2D eigenvalue weighted by molar-refractivity contribution is -0.193. The minimum atomic E-state index is -1.26. The number of nitrogen functional groups attached to an aromatic ring is 1. The van der Waals surface area contributed by atoms with E-state index in [0.717, 1.165) is 65.8 Å². The molecule has 0 bridgehead atoms. The van der Waals surface area contributed by atoms with Crippen LogP contribution in [-0.2, 0) is 54.1 Å². The lowest BCUT2D eigenvalue weighted by atomic mass is 10.1. The van der Waals surface area contributed by atoms with Crippen molar-refractivity contribution in [2.24, 2.45) is 0 Å². The summed E-state index contributed by atoms with van der Waals surface area (Å²) in [6.07, 6.45) is 2.80. The van der Waals surface area contributed by atoms with Crippen molar-refractivity contribution in [1.82, 2.24) is 0 Å². The number of aromatic hydroxyl groups is 3. The fourth-order valence-corrected chi connectivity index (χ4v) is 9.89. The van der Waals surface area contributed by atoms with E-state index in [9.17, 15) is 29.4 Å². The summed E-state index contributed by atoms with van der Waals surface area (Å²) in [7, 11) is 15.2. The number of carbonyl (C=O) groups excluding carboxylic acids is 7. The summed E-state index contributed by atoms with van der Waals surface area (Å²) in [5.41, 5.74) is 7.01. The first-order valence-electron chi connectivity index (χ1n) is 19.3. The SMILES string of the molecule is COCCSSCCCC(=O)Oc1ccc(O)cc1C(=O)O.COCCSSCCCC(=O)c1cc(N)ccc1O.COCCSSCCOC(=O)Cc1ccc(O)cc1.O=C=O.O=C=O. The van der Waals surface area contributed by atoms with Crippen LogP contribution >= 0.6 is 64.8 Å². The molecule has 0 aliphatic rings. The van der Waals surface area contributed by atoms with Crippen molar-refractivity contribution in [1.29, 1.82) is 0 Å². The number of nitrogens with two attached hydrogens (primary N) is 1. The summed E-state index contributed by atoms with van der Waals surface area (Å²) in [6, 6.07) is 14.7. The van der Waals surface area contributed by atoms with Crippen LogP contribution in [0, 0.1) is 0 Å². The second-order valence-electron chi connectivity index (χ2n) is 12.0. The maximum absolute atomic E-state index is 11.9. The smallest absolute Gasteiger partial charge is 0.373 e. The van der Waals surface area contributed by atoms with Crippen LogP contribution in [0.25, 0.3) is 0 Å². The summed E-state index contributed by atoms with van der Waals surface area (Å²) in [5.74, 6) is 3.14. The summed E-state index contributed by atoms with van der Waals surface area (Å²) in [5, 5.41) is 37.0. The Balaban J connectivity index is 0. The number of aromatic carboxylic acids is 1. The number of carboxylic acid groups (broad SMARTS) is 1. The van der Waals surface area contributed by atoms with Gasteiger partial charge in [0.15, 0.2) is 5.78 Å². The zero-order chi connectivity index (χ0) is 49.8. The first-order chi connectivity index (χ1) is 31.7. The van der Waals surface area contributed by atoms with E-state index < -0.39 is 11.9 Å². The molecule has 0 unspecified atom stereocenters. The van der Waals surface area contributed by atoms with E-state index in [1.807, 2.05) is 0 Å². The van der Waals surface area contributed by atoms with Gasteiger partial charge in [-0.05, 0) is 66.9 Å². The molecular weight excluding hydrogens is 983 g/mol. The van der Waals surface area contributed by atoms with E-state index in [4.69, 9.17) is 58.8 Å². The van der Waals surface area contributed by atoms with Crippen molar-refractivity contribution in [3.05, 3.63) is 77.4 Å². The number of methoxy groups -OCH3 is 3. The zero-order valence-corrected chi connectivity index (χ0v) is 41.4. The third kappa shape index (κ3) is 36.8. The molecule has 0 atom stereocenters. The molecule has 366 valence electrons. The molecule has 66 heavy (non-hydrogen) atoms. The molecule has 18 nitrogen and oxygen atoms in total. The highest BCUT2D eigenvalue weighted by molar-refractivity contribution is 8.77. The Morgan fingerprint density at radius 1 is 0.576 bits per heavy atom. The number of carbonyl (C=O) groups is 4. The van der Waals surface area contributed by atoms with Crippen LogP contribution in [-0.4, -0.2) is 139 Å². The second-order valence-corrected chi connectivity index (χ2v) is 20.1. The van der Waals surface area contributed by atoms with Crippen molar-refractivity contribution < 1.29 is 82.5 Å². The highest BCUT2D eigenvalue weighted by atomic mass is 33.1. The summed E-state index contributed by atoms with van der Waals surface area (Å²) in [4.78, 5) is 78.6. The fourth-order valence-electron chi connectivity index (χ4n) is 4.15. The molecule has 0 aromatic heterocycles. The predicted molar refractivity (Wildman–Crippen MR) is 259 cm³/mol. The van der Waals surface area contributed by atoms with Crippen LogP contribution < -0.4 is 10.5 Å². The molecule has 0 aliphatic carbocycles. The van der Waals surface area contributed by atoms with Crippen LogP contribution in [0.5, 0.6) is 23.0 Å². The number of rotatable bonds is 28. The van der Waals surface area contributed by atoms with E-state index in [2.05, 4.69) is 0 Å². The van der Waals surface area contributed by atoms with Crippen LogP contribution in [0.2, 0.25) is 0 Å². The highest BCUT2D eigenvalue weighted by Crippen LogP contribution is 2.27. The Kier molecular flexibility index (Phi) is 43.0. The van der Waals surface area contributed by atoms with Crippen LogP contribution in [0.15, 0.2) is 60.7 Å². The third-order valence-corrected chi connectivity index (χ3v) is 14.3. The molecule has 3 aromatic carbocycles. The van der Waals surface area contributed by atoms with Gasteiger partial charge >= 0.3 is 30.2 Å². The monoisotopic (exact) mass is 1040 g/mol. The van der Waals surface area contributed by atoms with Gasteiger partial charge in [-0.25, -0.2) is 4.79 Å². The molecule has 3 rings (SSSR count). The highest BCUT2D eigenvalue weighted by Gasteiger charge is 2.16. The molecule has 0 saturated carbocycles.